The van der Waals surface area contributed by atoms with E-state index < -0.39 is 13.3 Å². The molecular weight excluding hydrogens is 242 g/mol. The molecule has 0 aromatic rings. The third kappa shape index (κ3) is 81.9. The first-order chi connectivity index (χ1) is 2.24. The summed E-state index contributed by atoms with van der Waals surface area (Å²) in [6, 6.07) is 0. The molecule has 0 saturated heterocycles. The standard InChI is InChI=1S/BrH.4H2N.Pd/h1H;4*1H2;/q;4*-1;+5/p-1. The number of hydrogen-bond acceptors (Lipinski definition) is 4. The summed E-state index contributed by atoms with van der Waals surface area (Å²) < 4.78 is 20.0. The van der Waals surface area contributed by atoms with Gasteiger partial charge in [-0.3, -0.25) is 0 Å². The Bertz CT molecular complexity index is 40.7. The van der Waals surface area contributed by atoms with Gasteiger partial charge in [-0.1, -0.05) is 0 Å². The number of hydrogen-bond donors (Lipinski definition) is 4. The third-order valence-corrected chi connectivity index (χ3v) is 0. The molecule has 45 valence electrons. The van der Waals surface area contributed by atoms with Crippen LogP contribution in [0.5, 0.6) is 0 Å². The van der Waals surface area contributed by atoms with Gasteiger partial charge in [-0.15, -0.1) is 0 Å². The summed E-state index contributed by atoms with van der Waals surface area (Å²) in [5, 5.41) is 0. The van der Waals surface area contributed by atoms with Crippen molar-refractivity contribution in [3.63, 3.8) is 0 Å². The van der Waals surface area contributed by atoms with Crippen molar-refractivity contribution in [1.82, 2.24) is 0 Å². The molecule has 6 heteroatoms. The summed E-state index contributed by atoms with van der Waals surface area (Å²) in [7, 11) is 0. The Morgan fingerprint density at radius 3 is 1.00 bits per heavy atom. The first kappa shape index (κ1) is 6.98. The molecule has 0 rings (SSSR count). The first-order valence-electron chi connectivity index (χ1n) is 0.850. The van der Waals surface area contributed by atoms with Gasteiger partial charge in [0.25, 0.3) is 0 Å². The summed E-state index contributed by atoms with van der Waals surface area (Å²) in [5.41, 5.74) is 0. The fourth-order valence-corrected chi connectivity index (χ4v) is 0. The molecule has 6 heavy (non-hydrogen) atoms. The van der Waals surface area contributed by atoms with E-state index >= 15 is 0 Å². The Hall–Kier alpha value is 0.982. The maximum absolute atomic E-state index is 5.01. The van der Waals surface area contributed by atoms with Gasteiger partial charge < -0.3 is 0 Å². The van der Waals surface area contributed by atoms with Crippen LogP contribution < -0.4 is 17.5 Å². The molecule has 0 aromatic carbocycles. The molecule has 0 heterocycles. The van der Waals surface area contributed by atoms with Crippen LogP contribution in [0.25, 0.3) is 0 Å². The van der Waals surface area contributed by atoms with Crippen molar-refractivity contribution in [2.45, 2.75) is 0 Å². The van der Waals surface area contributed by atoms with Gasteiger partial charge in [0.2, 0.25) is 0 Å². The topological polar surface area (TPSA) is 104 Å². The molecule has 0 radical (unpaired) electrons. The van der Waals surface area contributed by atoms with Gasteiger partial charge in [-0.25, -0.2) is 0 Å². The van der Waals surface area contributed by atoms with Gasteiger partial charge in [-0.05, 0) is 0 Å². The van der Waals surface area contributed by atoms with Crippen LogP contribution in [0.4, 0.5) is 0 Å². The van der Waals surface area contributed by atoms with Crippen molar-refractivity contribution in [3.05, 3.63) is 0 Å². The Balaban J connectivity index is 3.73. The summed E-state index contributed by atoms with van der Waals surface area (Å²) in [6.07, 6.45) is 0. The average Bonchev–Trinajstić information content (AvgIpc) is 0.650. The molecule has 0 aliphatic heterocycles. The van der Waals surface area contributed by atoms with E-state index in [9.17, 15) is 0 Å². The summed E-state index contributed by atoms with van der Waals surface area (Å²) >= 11 is -0.766. The number of rotatable bonds is 0. The Labute approximate surface area is 44.4 Å². The van der Waals surface area contributed by atoms with Gasteiger partial charge in [0.05, 0.1) is 0 Å². The van der Waals surface area contributed by atoms with E-state index in [0.29, 0.717) is 0 Å². The van der Waals surface area contributed by atoms with Crippen LogP contribution in [-0.2, 0) is 13.3 Å². The van der Waals surface area contributed by atoms with E-state index in [4.69, 9.17) is 17.5 Å². The molecule has 0 aliphatic carbocycles. The summed E-state index contributed by atoms with van der Waals surface area (Å²) in [5.74, 6) is 0. The summed E-state index contributed by atoms with van der Waals surface area (Å²) in [4.78, 5) is 0. The quantitative estimate of drug-likeness (QED) is 0.392. The number of nitrogens with two attached hydrogens (primary N) is 4. The van der Waals surface area contributed by atoms with Crippen molar-refractivity contribution < 1.29 is 13.3 Å². The van der Waals surface area contributed by atoms with Crippen LogP contribution in [0.3, 0.4) is 0 Å². The molecule has 8 N–H and O–H groups in total. The molecule has 0 aromatic heterocycles. The molecule has 0 unspecified atom stereocenters. The fourth-order valence-electron chi connectivity index (χ4n) is 0. The predicted molar refractivity (Wildman–Crippen MR) is 25.7 cm³/mol. The minimum absolute atomic E-state index is 2.75. The van der Waals surface area contributed by atoms with Gasteiger partial charge >= 0.3 is 44.2 Å². The van der Waals surface area contributed by atoms with E-state index in [2.05, 4.69) is 13.4 Å². The zero-order valence-corrected chi connectivity index (χ0v) is 6.14. The molecule has 0 fully saturated rings. The Kier molecular flexibility index (Phi) is 1.43. The average molecular weight is 250 g/mol. The molecule has 0 spiro atoms. The van der Waals surface area contributed by atoms with Crippen LogP contribution in [0.15, 0.2) is 0 Å². The minimum atomic E-state index is -3.52. The van der Waals surface area contributed by atoms with E-state index in [0.717, 1.165) is 0 Å². The van der Waals surface area contributed by atoms with E-state index in [1.807, 2.05) is 0 Å². The Morgan fingerprint density at radius 1 is 1.00 bits per heavy atom. The zero-order valence-electron chi connectivity index (χ0n) is 3.00. The van der Waals surface area contributed by atoms with Gasteiger partial charge in [0.15, 0.2) is 0 Å². The van der Waals surface area contributed by atoms with E-state index in [-0.39, 0.29) is 0 Å². The second kappa shape index (κ2) is 1.23. The first-order valence-corrected chi connectivity index (χ1v) is 7.99. The zero-order chi connectivity index (χ0) is 5.45. The van der Waals surface area contributed by atoms with Crippen molar-refractivity contribution >= 4 is 13.4 Å². The third-order valence-electron chi connectivity index (χ3n) is 0. The second-order valence-electron chi connectivity index (χ2n) is 0.908. The van der Waals surface area contributed by atoms with E-state index in [1.54, 1.807) is 0 Å². The van der Waals surface area contributed by atoms with Crippen molar-refractivity contribution in [3.8, 4) is 0 Å². The molecule has 0 atom stereocenters. The molecule has 0 aliphatic rings. The fraction of sp³-hybridized carbons (Fsp3) is 0. The normalized spacial score (nSPS) is 19.2. The van der Waals surface area contributed by atoms with E-state index in [1.165, 1.54) is 0 Å². The van der Waals surface area contributed by atoms with Gasteiger partial charge in [0, 0.05) is 0 Å². The predicted octanol–water partition coefficient (Wildman–Crippen LogP) is -1.52. The van der Waals surface area contributed by atoms with Crippen molar-refractivity contribution in [1.29, 1.82) is 0 Å². The number of halogens is 1. The molecule has 0 bridgehead atoms. The SMILES string of the molecule is [NH2][Pd]([NH2])([NH2])([NH2])[Br]. The molecule has 4 nitrogen and oxygen atoms in total. The monoisotopic (exact) mass is 249 g/mol. The molecule has 0 saturated carbocycles. The van der Waals surface area contributed by atoms with Crippen LogP contribution in [0, 0.1) is 0 Å². The molecular formula is H8BrN4Pd. The molecule has 0 amide bonds. The second-order valence-corrected chi connectivity index (χ2v) is 12.2. The van der Waals surface area contributed by atoms with Crippen molar-refractivity contribution in [2.75, 3.05) is 0 Å². The van der Waals surface area contributed by atoms with Crippen molar-refractivity contribution in [2.24, 2.45) is 17.5 Å². The Morgan fingerprint density at radius 2 is 1.00 bits per heavy atom. The summed E-state index contributed by atoms with van der Waals surface area (Å²) in [6.45, 7) is 0. The van der Waals surface area contributed by atoms with Crippen LogP contribution >= 0.6 is 13.4 Å². The van der Waals surface area contributed by atoms with Gasteiger partial charge in [-0.2, -0.15) is 0 Å². The van der Waals surface area contributed by atoms with Crippen LogP contribution in [0.2, 0.25) is 0 Å². The van der Waals surface area contributed by atoms with Crippen LogP contribution in [-0.4, -0.2) is 0 Å². The maximum atomic E-state index is 5.01. The van der Waals surface area contributed by atoms with Crippen LogP contribution in [0.1, 0.15) is 0 Å². The van der Waals surface area contributed by atoms with Gasteiger partial charge in [0.1, 0.15) is 0 Å².